The minimum absolute atomic E-state index is 0.101. The Kier molecular flexibility index (Phi) is 6.65. The quantitative estimate of drug-likeness (QED) is 0.730. The molecule has 2 aromatic rings. The number of anilines is 2. The number of hydrogen-bond acceptors (Lipinski definition) is 4. The van der Waals surface area contributed by atoms with E-state index in [9.17, 15) is 14.4 Å². The number of benzene rings is 1. The molecular formula is C20H24N4O3. The normalized spacial score (nSPS) is 10.8. The molecule has 0 aliphatic carbocycles. The molecule has 0 atom stereocenters. The van der Waals surface area contributed by atoms with Gasteiger partial charge in [-0.3, -0.25) is 19.4 Å². The maximum absolute atomic E-state index is 12.2. The average molecular weight is 368 g/mol. The van der Waals surface area contributed by atoms with Gasteiger partial charge in [0.15, 0.2) is 0 Å². The highest BCUT2D eigenvalue weighted by atomic mass is 16.2. The smallest absolute Gasteiger partial charge is 0.255 e. The van der Waals surface area contributed by atoms with Crippen molar-refractivity contribution in [2.75, 3.05) is 17.2 Å². The number of carbonyl (C=O) groups is 3. The number of nitrogens with zero attached hydrogens (tertiary/aromatic N) is 1. The molecule has 7 nitrogen and oxygen atoms in total. The van der Waals surface area contributed by atoms with Gasteiger partial charge in [-0.15, -0.1) is 0 Å². The summed E-state index contributed by atoms with van der Waals surface area (Å²) < 4.78 is 0. The first-order valence-electron chi connectivity index (χ1n) is 8.65. The van der Waals surface area contributed by atoms with Crippen LogP contribution in [0.15, 0.2) is 48.8 Å². The van der Waals surface area contributed by atoms with Crippen LogP contribution in [0, 0.1) is 5.41 Å². The summed E-state index contributed by atoms with van der Waals surface area (Å²) >= 11 is 0. The first-order valence-corrected chi connectivity index (χ1v) is 8.65. The van der Waals surface area contributed by atoms with Gasteiger partial charge in [0, 0.05) is 47.7 Å². The number of carbonyl (C=O) groups excluding carboxylic acids is 3. The summed E-state index contributed by atoms with van der Waals surface area (Å²) in [5.74, 6) is -0.580. The molecule has 1 heterocycles. The molecule has 27 heavy (non-hydrogen) atoms. The molecule has 3 amide bonds. The molecular weight excluding hydrogens is 344 g/mol. The average Bonchev–Trinajstić information content (AvgIpc) is 2.62. The third kappa shape index (κ3) is 6.54. The van der Waals surface area contributed by atoms with Crippen molar-refractivity contribution >= 4 is 29.1 Å². The molecule has 0 saturated heterocycles. The number of pyridine rings is 1. The van der Waals surface area contributed by atoms with E-state index in [1.165, 1.54) is 0 Å². The van der Waals surface area contributed by atoms with Crippen LogP contribution in [0.5, 0.6) is 0 Å². The first-order chi connectivity index (χ1) is 12.8. The zero-order chi connectivity index (χ0) is 19.9. The van der Waals surface area contributed by atoms with Gasteiger partial charge in [-0.05, 0) is 30.3 Å². The lowest BCUT2D eigenvalue weighted by molar-refractivity contribution is -0.128. The maximum atomic E-state index is 12.2. The van der Waals surface area contributed by atoms with E-state index >= 15 is 0 Å². The van der Waals surface area contributed by atoms with E-state index in [2.05, 4.69) is 20.9 Å². The maximum Gasteiger partial charge on any atom is 0.255 e. The largest absolute Gasteiger partial charge is 0.355 e. The molecule has 7 heteroatoms. The minimum atomic E-state index is -0.488. The number of amides is 3. The Morgan fingerprint density at radius 3 is 2.22 bits per heavy atom. The molecule has 0 spiro atoms. The molecule has 3 N–H and O–H groups in total. The van der Waals surface area contributed by atoms with Gasteiger partial charge in [-0.25, -0.2) is 0 Å². The van der Waals surface area contributed by atoms with E-state index in [0.29, 0.717) is 16.9 Å². The summed E-state index contributed by atoms with van der Waals surface area (Å²) in [4.78, 5) is 39.9. The first kappa shape index (κ1) is 20.1. The summed E-state index contributed by atoms with van der Waals surface area (Å²) in [7, 11) is 0. The molecule has 0 unspecified atom stereocenters. The van der Waals surface area contributed by atoms with E-state index in [4.69, 9.17) is 0 Å². The van der Waals surface area contributed by atoms with Gasteiger partial charge < -0.3 is 16.0 Å². The molecule has 0 bridgehead atoms. The third-order valence-corrected chi connectivity index (χ3v) is 3.67. The molecule has 1 aromatic heterocycles. The molecule has 0 fully saturated rings. The second kappa shape index (κ2) is 8.93. The SMILES string of the molecule is CC(C)(C)C(=O)NCCC(=O)Nc1cccc(NC(=O)c2ccncc2)c1. The summed E-state index contributed by atoms with van der Waals surface area (Å²) in [6.07, 6.45) is 3.25. The number of nitrogens with one attached hydrogen (secondary N) is 3. The molecule has 0 radical (unpaired) electrons. The summed E-state index contributed by atoms with van der Waals surface area (Å²) in [6.45, 7) is 5.71. The zero-order valence-corrected chi connectivity index (χ0v) is 15.7. The van der Waals surface area contributed by atoms with Crippen LogP contribution >= 0.6 is 0 Å². The van der Waals surface area contributed by atoms with Crippen LogP contribution in [0.25, 0.3) is 0 Å². The van der Waals surface area contributed by atoms with Gasteiger partial charge in [0.25, 0.3) is 5.91 Å². The fourth-order valence-corrected chi connectivity index (χ4v) is 2.16. The highest BCUT2D eigenvalue weighted by molar-refractivity contribution is 6.04. The van der Waals surface area contributed by atoms with Gasteiger partial charge in [-0.1, -0.05) is 26.8 Å². The molecule has 0 aliphatic rings. The molecule has 0 aliphatic heterocycles. The van der Waals surface area contributed by atoms with Crippen LogP contribution in [0.1, 0.15) is 37.6 Å². The van der Waals surface area contributed by atoms with E-state index in [1.807, 2.05) is 20.8 Å². The molecule has 142 valence electrons. The van der Waals surface area contributed by atoms with Crippen molar-refractivity contribution in [3.63, 3.8) is 0 Å². The lowest BCUT2D eigenvalue weighted by Gasteiger charge is -2.17. The molecule has 0 saturated carbocycles. The van der Waals surface area contributed by atoms with Crippen molar-refractivity contribution in [2.45, 2.75) is 27.2 Å². The van der Waals surface area contributed by atoms with Crippen LogP contribution in [-0.2, 0) is 9.59 Å². The van der Waals surface area contributed by atoms with E-state index in [1.54, 1.807) is 48.8 Å². The summed E-state index contributed by atoms with van der Waals surface area (Å²) in [5, 5.41) is 8.26. The number of aromatic nitrogens is 1. The summed E-state index contributed by atoms with van der Waals surface area (Å²) in [5.41, 5.74) is 1.14. The van der Waals surface area contributed by atoms with Crippen molar-refractivity contribution in [3.8, 4) is 0 Å². The van der Waals surface area contributed by atoms with E-state index < -0.39 is 5.41 Å². The van der Waals surface area contributed by atoms with Gasteiger partial charge in [0.05, 0.1) is 0 Å². The lowest BCUT2D eigenvalue weighted by atomic mass is 9.96. The Bertz CT molecular complexity index is 813. The topological polar surface area (TPSA) is 100 Å². The Morgan fingerprint density at radius 2 is 1.59 bits per heavy atom. The summed E-state index contributed by atoms with van der Waals surface area (Å²) in [6, 6.07) is 10.1. The Hall–Kier alpha value is -3.22. The predicted molar refractivity (Wildman–Crippen MR) is 104 cm³/mol. The van der Waals surface area contributed by atoms with Crippen molar-refractivity contribution in [1.82, 2.24) is 10.3 Å². The fraction of sp³-hybridized carbons (Fsp3) is 0.300. The lowest BCUT2D eigenvalue weighted by Crippen LogP contribution is -2.36. The van der Waals surface area contributed by atoms with Crippen LogP contribution < -0.4 is 16.0 Å². The van der Waals surface area contributed by atoms with Crippen LogP contribution in [-0.4, -0.2) is 29.3 Å². The molecule has 2 rings (SSSR count). The minimum Gasteiger partial charge on any atom is -0.355 e. The van der Waals surface area contributed by atoms with Crippen LogP contribution in [0.3, 0.4) is 0 Å². The monoisotopic (exact) mass is 368 g/mol. The number of rotatable bonds is 6. The van der Waals surface area contributed by atoms with Crippen molar-refractivity contribution < 1.29 is 14.4 Å². The highest BCUT2D eigenvalue weighted by Gasteiger charge is 2.20. The van der Waals surface area contributed by atoms with Gasteiger partial charge in [0.2, 0.25) is 11.8 Å². The van der Waals surface area contributed by atoms with E-state index in [0.717, 1.165) is 0 Å². The predicted octanol–water partition coefficient (Wildman–Crippen LogP) is 2.82. The van der Waals surface area contributed by atoms with Crippen LogP contribution in [0.4, 0.5) is 11.4 Å². The Morgan fingerprint density at radius 1 is 0.963 bits per heavy atom. The second-order valence-corrected chi connectivity index (χ2v) is 7.07. The second-order valence-electron chi connectivity index (χ2n) is 7.07. The van der Waals surface area contributed by atoms with Crippen molar-refractivity contribution in [1.29, 1.82) is 0 Å². The van der Waals surface area contributed by atoms with Gasteiger partial charge in [0.1, 0.15) is 0 Å². The third-order valence-electron chi connectivity index (χ3n) is 3.67. The van der Waals surface area contributed by atoms with Crippen LogP contribution in [0.2, 0.25) is 0 Å². The van der Waals surface area contributed by atoms with Crippen molar-refractivity contribution in [2.24, 2.45) is 5.41 Å². The Labute approximate surface area is 158 Å². The Balaban J connectivity index is 1.87. The molecule has 1 aromatic carbocycles. The van der Waals surface area contributed by atoms with E-state index in [-0.39, 0.29) is 30.7 Å². The standard InChI is InChI=1S/C20H24N4O3/c1-20(2,3)19(27)22-12-9-17(25)23-15-5-4-6-16(13-15)24-18(26)14-7-10-21-11-8-14/h4-8,10-11,13H,9,12H2,1-3H3,(H,22,27)(H,23,25)(H,24,26). The number of hydrogen-bond donors (Lipinski definition) is 3. The van der Waals surface area contributed by atoms with Gasteiger partial charge in [-0.2, -0.15) is 0 Å². The highest BCUT2D eigenvalue weighted by Crippen LogP contribution is 2.16. The van der Waals surface area contributed by atoms with Crippen molar-refractivity contribution in [3.05, 3.63) is 54.4 Å². The zero-order valence-electron chi connectivity index (χ0n) is 15.7. The fourth-order valence-electron chi connectivity index (χ4n) is 2.16. The van der Waals surface area contributed by atoms with Gasteiger partial charge >= 0.3 is 0 Å².